The van der Waals surface area contributed by atoms with Gasteiger partial charge >= 0.3 is 17.9 Å². The second kappa shape index (κ2) is 24.5. The summed E-state index contributed by atoms with van der Waals surface area (Å²) in [6.45, 7) is 3.54. The quantitative estimate of drug-likeness (QED) is 0.0479. The predicted octanol–water partition coefficient (Wildman–Crippen LogP) is -2.84. The fraction of sp³-hybridized carbons (Fsp3) is 0.462. The minimum Gasteiger partial charge on any atom is -0.481 e. The van der Waals surface area contributed by atoms with Crippen LogP contribution in [0.25, 0.3) is 0 Å². The molecule has 60 heavy (non-hydrogen) atoms. The third kappa shape index (κ3) is 17.2. The number of aliphatic hydroxyl groups excluding tert-OH is 2. The van der Waals surface area contributed by atoms with E-state index in [-0.39, 0.29) is 25.2 Å². The van der Waals surface area contributed by atoms with Crippen LogP contribution in [0.5, 0.6) is 0 Å². The van der Waals surface area contributed by atoms with Crippen molar-refractivity contribution in [3.05, 3.63) is 71.8 Å². The van der Waals surface area contributed by atoms with Crippen molar-refractivity contribution in [2.45, 2.75) is 101 Å². The van der Waals surface area contributed by atoms with Crippen molar-refractivity contribution in [2.75, 3.05) is 6.61 Å². The van der Waals surface area contributed by atoms with Crippen LogP contribution in [-0.4, -0.2) is 134 Å². The Morgan fingerprint density at radius 3 is 1.35 bits per heavy atom. The van der Waals surface area contributed by atoms with E-state index in [9.17, 15) is 63.6 Å². The Hall–Kier alpha value is -6.45. The normalized spacial score (nSPS) is 15.0. The van der Waals surface area contributed by atoms with Crippen LogP contribution in [0.4, 0.5) is 0 Å². The number of carboxylic acids is 3. The Kier molecular flexibility index (Phi) is 20.3. The van der Waals surface area contributed by atoms with Crippen LogP contribution in [0.1, 0.15) is 51.2 Å². The standard InChI is InChI=1S/C39H53N7O14/c1-20(2)14-25(34(54)43-28(18-31(51)52)37(57)45-29(19-47)39(59)60)41-35(55)26(15-22-10-6-4-7-11-22)42-36(56)27(16-23-12-8-5-9-13-23)44-38(58)32(21(3)48)46-33(53)24(40)17-30(49)50/h4-13,20-21,24-29,32,47-48H,14-19,40H2,1-3H3,(H,41,55)(H,42,56)(H,43,54)(H,44,58)(H,45,57)(H,46,53)(H,49,50)(H,51,52)(H,59,60)/t21-,24+,25+,26+,27+,28+,29+,32+/m1/s1. The number of nitrogens with one attached hydrogen (secondary N) is 6. The predicted molar refractivity (Wildman–Crippen MR) is 210 cm³/mol. The third-order valence-electron chi connectivity index (χ3n) is 8.77. The molecule has 6 amide bonds. The molecule has 0 heterocycles. The van der Waals surface area contributed by atoms with Gasteiger partial charge in [-0.05, 0) is 30.4 Å². The van der Waals surface area contributed by atoms with Gasteiger partial charge in [0.15, 0.2) is 0 Å². The molecule has 0 radical (unpaired) electrons. The largest absolute Gasteiger partial charge is 0.481 e. The Morgan fingerprint density at radius 1 is 0.533 bits per heavy atom. The zero-order valence-electron chi connectivity index (χ0n) is 33.2. The summed E-state index contributed by atoms with van der Waals surface area (Å²) >= 11 is 0. The number of carbonyl (C=O) groups excluding carboxylic acids is 6. The number of carbonyl (C=O) groups is 9. The van der Waals surface area contributed by atoms with Crippen LogP contribution in [0.3, 0.4) is 0 Å². The lowest BCUT2D eigenvalue weighted by atomic mass is 9.99. The molecule has 2 aromatic rings. The molecule has 0 spiro atoms. The van der Waals surface area contributed by atoms with Crippen molar-refractivity contribution in [3.8, 4) is 0 Å². The number of benzene rings is 2. The van der Waals surface area contributed by atoms with Gasteiger partial charge in [0.2, 0.25) is 35.4 Å². The van der Waals surface area contributed by atoms with Gasteiger partial charge in [-0.25, -0.2) is 4.79 Å². The Bertz CT molecular complexity index is 1810. The molecular weight excluding hydrogens is 790 g/mol. The molecule has 0 aliphatic rings. The lowest BCUT2D eigenvalue weighted by molar-refractivity contribution is -0.144. The molecule has 8 atom stereocenters. The highest BCUT2D eigenvalue weighted by Gasteiger charge is 2.35. The van der Waals surface area contributed by atoms with E-state index in [4.69, 9.17) is 10.8 Å². The third-order valence-corrected chi connectivity index (χ3v) is 8.77. The van der Waals surface area contributed by atoms with E-state index < -0.39 is 121 Å². The topological polar surface area (TPSA) is 353 Å². The lowest BCUT2D eigenvalue weighted by Gasteiger charge is -2.28. The van der Waals surface area contributed by atoms with Gasteiger partial charge in [0.25, 0.3) is 0 Å². The highest BCUT2D eigenvalue weighted by atomic mass is 16.4. The second-order valence-corrected chi connectivity index (χ2v) is 14.4. The average Bonchev–Trinajstić information content (AvgIpc) is 3.17. The van der Waals surface area contributed by atoms with Crippen LogP contribution in [0.15, 0.2) is 60.7 Å². The Morgan fingerprint density at radius 2 is 0.933 bits per heavy atom. The first-order valence-corrected chi connectivity index (χ1v) is 18.8. The Labute approximate surface area is 344 Å². The van der Waals surface area contributed by atoms with Gasteiger partial charge in [-0.15, -0.1) is 0 Å². The highest BCUT2D eigenvalue weighted by Crippen LogP contribution is 2.11. The van der Waals surface area contributed by atoms with Gasteiger partial charge < -0.3 is 63.2 Å². The van der Waals surface area contributed by atoms with Gasteiger partial charge in [-0.3, -0.25) is 38.4 Å². The number of hydrogen-bond acceptors (Lipinski definition) is 12. The van der Waals surface area contributed by atoms with Gasteiger partial charge in [-0.2, -0.15) is 0 Å². The van der Waals surface area contributed by atoms with Gasteiger partial charge in [0, 0.05) is 12.8 Å². The van der Waals surface area contributed by atoms with E-state index in [0.29, 0.717) is 11.1 Å². The molecule has 13 N–H and O–H groups in total. The van der Waals surface area contributed by atoms with E-state index in [1.54, 1.807) is 74.5 Å². The number of carboxylic acid groups (broad SMARTS) is 3. The average molecular weight is 844 g/mol. The van der Waals surface area contributed by atoms with Crippen LogP contribution in [0.2, 0.25) is 0 Å². The molecule has 0 bridgehead atoms. The zero-order valence-corrected chi connectivity index (χ0v) is 33.2. The molecule has 21 nitrogen and oxygen atoms in total. The maximum Gasteiger partial charge on any atom is 0.328 e. The van der Waals surface area contributed by atoms with Crippen molar-refractivity contribution in [3.63, 3.8) is 0 Å². The van der Waals surface area contributed by atoms with Crippen molar-refractivity contribution < 1.29 is 68.7 Å². The minimum absolute atomic E-state index is 0.0609. The van der Waals surface area contributed by atoms with E-state index in [2.05, 4.69) is 26.6 Å². The smallest absolute Gasteiger partial charge is 0.328 e. The van der Waals surface area contributed by atoms with Gasteiger partial charge in [0.1, 0.15) is 36.3 Å². The molecule has 0 saturated heterocycles. The van der Waals surface area contributed by atoms with E-state index in [0.717, 1.165) is 0 Å². The molecule has 0 saturated carbocycles. The van der Waals surface area contributed by atoms with Crippen LogP contribution in [0, 0.1) is 5.92 Å². The number of aliphatic carboxylic acids is 3. The first-order chi connectivity index (χ1) is 28.2. The summed E-state index contributed by atoms with van der Waals surface area (Å²) < 4.78 is 0. The fourth-order valence-electron chi connectivity index (χ4n) is 5.69. The van der Waals surface area contributed by atoms with E-state index in [1.807, 2.05) is 5.32 Å². The van der Waals surface area contributed by atoms with Crippen LogP contribution < -0.4 is 37.6 Å². The van der Waals surface area contributed by atoms with Crippen molar-refractivity contribution in [1.82, 2.24) is 31.9 Å². The van der Waals surface area contributed by atoms with Gasteiger partial charge in [-0.1, -0.05) is 74.5 Å². The van der Waals surface area contributed by atoms with Crippen molar-refractivity contribution in [1.29, 1.82) is 0 Å². The number of hydrogen-bond donors (Lipinski definition) is 12. The molecule has 328 valence electrons. The van der Waals surface area contributed by atoms with Gasteiger partial charge in [0.05, 0.1) is 31.6 Å². The zero-order chi connectivity index (χ0) is 45.1. The lowest BCUT2D eigenvalue weighted by Crippen LogP contribution is -2.61. The fourth-order valence-corrected chi connectivity index (χ4v) is 5.69. The number of nitrogens with two attached hydrogens (primary N) is 1. The van der Waals surface area contributed by atoms with E-state index in [1.165, 1.54) is 6.92 Å². The summed E-state index contributed by atoms with van der Waals surface area (Å²) in [7, 11) is 0. The monoisotopic (exact) mass is 843 g/mol. The molecule has 0 aromatic heterocycles. The molecule has 0 fully saturated rings. The maximum absolute atomic E-state index is 14.1. The van der Waals surface area contributed by atoms with Crippen molar-refractivity contribution in [2.24, 2.45) is 11.7 Å². The molecule has 0 aliphatic heterocycles. The van der Waals surface area contributed by atoms with E-state index >= 15 is 0 Å². The first-order valence-electron chi connectivity index (χ1n) is 18.8. The molecule has 21 heteroatoms. The summed E-state index contributed by atoms with van der Waals surface area (Å²) in [5.41, 5.74) is 6.73. The summed E-state index contributed by atoms with van der Waals surface area (Å²) in [6, 6.07) is 5.45. The molecule has 2 aromatic carbocycles. The summed E-state index contributed by atoms with van der Waals surface area (Å²) in [5, 5.41) is 61.4. The first kappa shape index (κ1) is 49.7. The SMILES string of the molecule is CC(C)C[C@H](NC(=O)[C@H](Cc1ccccc1)NC(=O)[C@H](Cc1ccccc1)NC(=O)[C@@H](NC(=O)[C@@H](N)CC(=O)O)[C@@H](C)O)C(=O)N[C@@H](CC(=O)O)C(=O)N[C@@H](CO)C(=O)O. The summed E-state index contributed by atoms with van der Waals surface area (Å²) in [4.78, 5) is 115. The Balaban J connectivity index is 2.47. The molecule has 0 aliphatic carbocycles. The number of aliphatic hydroxyl groups is 2. The van der Waals surface area contributed by atoms with Crippen molar-refractivity contribution >= 4 is 53.4 Å². The number of rotatable bonds is 25. The van der Waals surface area contributed by atoms with Crippen LogP contribution in [-0.2, 0) is 56.0 Å². The summed E-state index contributed by atoms with van der Waals surface area (Å²) in [5.74, 6) is -11.0. The minimum atomic E-state index is -1.83. The molecule has 0 unspecified atom stereocenters. The maximum atomic E-state index is 14.1. The number of amides is 6. The second-order valence-electron chi connectivity index (χ2n) is 14.4. The highest BCUT2D eigenvalue weighted by molar-refractivity contribution is 5.98. The molecular formula is C39H53N7O14. The molecule has 2 rings (SSSR count). The summed E-state index contributed by atoms with van der Waals surface area (Å²) in [6.07, 6.45) is -3.71. The van der Waals surface area contributed by atoms with Crippen LogP contribution >= 0.6 is 0 Å².